The van der Waals surface area contributed by atoms with Crippen molar-refractivity contribution in [1.29, 1.82) is 0 Å². The van der Waals surface area contributed by atoms with E-state index in [-0.39, 0.29) is 23.1 Å². The van der Waals surface area contributed by atoms with Crippen LogP contribution in [-0.2, 0) is 4.74 Å². The van der Waals surface area contributed by atoms with Gasteiger partial charge in [0.25, 0.3) is 11.8 Å². The Bertz CT molecular complexity index is 944. The number of aromatic nitrogens is 2. The second-order valence-electron chi connectivity index (χ2n) is 8.95. The predicted octanol–water partition coefficient (Wildman–Crippen LogP) is 3.05. The van der Waals surface area contributed by atoms with Crippen molar-refractivity contribution >= 4 is 11.8 Å². The van der Waals surface area contributed by atoms with Crippen LogP contribution in [0, 0.1) is 5.41 Å². The summed E-state index contributed by atoms with van der Waals surface area (Å²) in [5, 5.41) is 0. The van der Waals surface area contributed by atoms with Gasteiger partial charge < -0.3 is 19.3 Å². The molecule has 1 spiro atoms. The molecule has 1 aromatic heterocycles. The van der Waals surface area contributed by atoms with Gasteiger partial charge in [0.05, 0.1) is 18.8 Å². The molecule has 2 aliphatic heterocycles. The lowest BCUT2D eigenvalue weighted by Gasteiger charge is -2.41. The third kappa shape index (κ3) is 5.68. The number of hydrogen-bond acceptors (Lipinski definition) is 6. The number of ether oxygens (including phenoxy) is 2. The summed E-state index contributed by atoms with van der Waals surface area (Å²) < 4.78 is 12.1. The Hall–Kier alpha value is -3.00. The average Bonchev–Trinajstić information content (AvgIpc) is 2.86. The quantitative estimate of drug-likeness (QED) is 0.661. The van der Waals surface area contributed by atoms with Gasteiger partial charge in [0.15, 0.2) is 0 Å². The molecule has 3 heterocycles. The number of hydrogen-bond donors (Lipinski definition) is 0. The van der Waals surface area contributed by atoms with E-state index in [9.17, 15) is 9.59 Å². The molecule has 0 saturated carbocycles. The van der Waals surface area contributed by atoms with E-state index in [1.165, 1.54) is 0 Å². The minimum Gasteiger partial charge on any atom is -0.492 e. The second-order valence-corrected chi connectivity index (χ2v) is 8.95. The van der Waals surface area contributed by atoms with Gasteiger partial charge in [-0.15, -0.1) is 0 Å². The molecular formula is C25H32N4O4. The fourth-order valence-corrected chi connectivity index (χ4v) is 4.52. The van der Waals surface area contributed by atoms with Crippen molar-refractivity contribution in [2.75, 3.05) is 46.5 Å². The maximum absolute atomic E-state index is 13.0. The fourth-order valence-electron chi connectivity index (χ4n) is 4.52. The predicted molar refractivity (Wildman–Crippen MR) is 123 cm³/mol. The number of nitrogens with zero attached hydrogens (tertiary/aromatic N) is 4. The Morgan fingerprint density at radius 3 is 2.52 bits per heavy atom. The average molecular weight is 453 g/mol. The summed E-state index contributed by atoms with van der Waals surface area (Å²) in [4.78, 5) is 37.5. The number of para-hydroxylation sites is 1. The third-order valence-electron chi connectivity index (χ3n) is 6.68. The van der Waals surface area contributed by atoms with Gasteiger partial charge in [-0.25, -0.2) is 9.97 Å². The number of fused-ring (bicyclic) bond motifs is 1. The molecule has 1 fully saturated rings. The number of benzene rings is 1. The molecule has 176 valence electrons. The molecule has 2 aliphatic rings. The molecule has 0 bridgehead atoms. The lowest BCUT2D eigenvalue weighted by molar-refractivity contribution is 0.0322. The summed E-state index contributed by atoms with van der Waals surface area (Å²) in [6, 6.07) is 9.14. The largest absolute Gasteiger partial charge is 0.492 e. The molecule has 33 heavy (non-hydrogen) atoms. The van der Waals surface area contributed by atoms with E-state index < -0.39 is 0 Å². The van der Waals surface area contributed by atoms with E-state index in [4.69, 9.17) is 9.47 Å². The summed E-state index contributed by atoms with van der Waals surface area (Å²) in [5.41, 5.74) is 0.515. The summed E-state index contributed by atoms with van der Waals surface area (Å²) in [6.45, 7) is 3.55. The molecule has 0 aliphatic carbocycles. The van der Waals surface area contributed by atoms with Crippen LogP contribution in [0.25, 0.3) is 0 Å². The molecular weight excluding hydrogens is 420 g/mol. The molecule has 0 radical (unpaired) electrons. The summed E-state index contributed by atoms with van der Waals surface area (Å²) in [7, 11) is 1.79. The van der Waals surface area contributed by atoms with E-state index in [1.807, 2.05) is 29.2 Å². The van der Waals surface area contributed by atoms with Crippen LogP contribution >= 0.6 is 0 Å². The maximum atomic E-state index is 13.0. The molecule has 2 aromatic rings. The van der Waals surface area contributed by atoms with Crippen LogP contribution in [0.4, 0.5) is 0 Å². The molecule has 0 atom stereocenters. The fraction of sp³-hybridized carbons (Fsp3) is 0.520. The summed E-state index contributed by atoms with van der Waals surface area (Å²) in [6.07, 6.45) is 7.86. The number of rotatable bonds is 1. The molecule has 1 saturated heterocycles. The number of carbonyl (C=O) groups excluding carboxylic acids is 2. The molecule has 1 aromatic carbocycles. The van der Waals surface area contributed by atoms with E-state index >= 15 is 0 Å². The van der Waals surface area contributed by atoms with Crippen LogP contribution in [0.5, 0.6) is 5.75 Å². The summed E-state index contributed by atoms with van der Waals surface area (Å²) in [5.74, 6) is 0.663. The minimum atomic E-state index is -0.125. The van der Waals surface area contributed by atoms with Crippen molar-refractivity contribution in [2.45, 2.75) is 32.1 Å². The normalized spacial score (nSPS) is 20.0. The van der Waals surface area contributed by atoms with Gasteiger partial charge in [-0.2, -0.15) is 0 Å². The standard InChI is InChI=1S/C25H32N4O4/c1-28-16-18-32-17-5-4-9-25(19-33-21-8-3-2-7-20(21)23(28)30)10-14-29(15-11-25)24(31)22-26-12-6-13-27-22/h2-3,6-8,12-13H,4-5,9-11,14-19H2,1H3. The van der Waals surface area contributed by atoms with Crippen molar-refractivity contribution < 1.29 is 19.1 Å². The summed E-state index contributed by atoms with van der Waals surface area (Å²) >= 11 is 0. The Labute approximate surface area is 194 Å². The topological polar surface area (TPSA) is 84.9 Å². The second kappa shape index (κ2) is 10.7. The molecule has 0 unspecified atom stereocenters. The van der Waals surface area contributed by atoms with Crippen LogP contribution in [-0.4, -0.2) is 78.1 Å². The highest BCUT2D eigenvalue weighted by molar-refractivity contribution is 5.96. The Balaban J connectivity index is 1.49. The number of piperidine rings is 1. The van der Waals surface area contributed by atoms with Gasteiger partial charge in [-0.1, -0.05) is 18.6 Å². The van der Waals surface area contributed by atoms with Crippen molar-refractivity contribution in [2.24, 2.45) is 5.41 Å². The number of likely N-dealkylation sites (tertiary alicyclic amines) is 1. The van der Waals surface area contributed by atoms with Crippen molar-refractivity contribution in [3.8, 4) is 5.75 Å². The Morgan fingerprint density at radius 1 is 0.970 bits per heavy atom. The first kappa shape index (κ1) is 23.2. The number of likely N-dealkylation sites (N-methyl/N-ethyl adjacent to an activating group) is 1. The van der Waals surface area contributed by atoms with Gasteiger partial charge >= 0.3 is 0 Å². The van der Waals surface area contributed by atoms with E-state index in [0.29, 0.717) is 50.8 Å². The van der Waals surface area contributed by atoms with Crippen LogP contribution in [0.1, 0.15) is 53.1 Å². The van der Waals surface area contributed by atoms with Crippen molar-refractivity contribution in [1.82, 2.24) is 19.8 Å². The van der Waals surface area contributed by atoms with Gasteiger partial charge in [-0.3, -0.25) is 9.59 Å². The molecule has 8 heteroatoms. The van der Waals surface area contributed by atoms with E-state index in [0.717, 1.165) is 32.1 Å². The first-order valence-corrected chi connectivity index (χ1v) is 11.7. The van der Waals surface area contributed by atoms with Gasteiger partial charge in [0, 0.05) is 51.1 Å². The molecule has 0 N–H and O–H groups in total. The van der Waals surface area contributed by atoms with Crippen LogP contribution in [0.3, 0.4) is 0 Å². The molecule has 4 rings (SSSR count). The number of carbonyl (C=O) groups is 2. The zero-order valence-corrected chi connectivity index (χ0v) is 19.2. The maximum Gasteiger partial charge on any atom is 0.291 e. The Morgan fingerprint density at radius 2 is 1.73 bits per heavy atom. The monoisotopic (exact) mass is 452 g/mol. The SMILES string of the molecule is CN1CCOCCCCC2(CCN(C(=O)c3ncccn3)CC2)COc2ccccc2C1=O. The van der Waals surface area contributed by atoms with Crippen LogP contribution in [0.2, 0.25) is 0 Å². The third-order valence-corrected chi connectivity index (χ3v) is 6.68. The minimum absolute atomic E-state index is 0.0551. The lowest BCUT2D eigenvalue weighted by Crippen LogP contribution is -2.46. The van der Waals surface area contributed by atoms with Gasteiger partial charge in [0.2, 0.25) is 5.82 Å². The van der Waals surface area contributed by atoms with E-state index in [1.54, 1.807) is 30.4 Å². The first-order valence-electron chi connectivity index (χ1n) is 11.7. The zero-order valence-electron chi connectivity index (χ0n) is 19.2. The van der Waals surface area contributed by atoms with E-state index in [2.05, 4.69) is 9.97 Å². The highest BCUT2D eigenvalue weighted by atomic mass is 16.5. The van der Waals surface area contributed by atoms with Gasteiger partial charge in [-0.05, 0) is 43.9 Å². The lowest BCUT2D eigenvalue weighted by atomic mass is 9.75. The van der Waals surface area contributed by atoms with Crippen molar-refractivity contribution in [3.63, 3.8) is 0 Å². The van der Waals surface area contributed by atoms with Crippen molar-refractivity contribution in [3.05, 3.63) is 54.1 Å². The highest BCUT2D eigenvalue weighted by Gasteiger charge is 2.37. The van der Waals surface area contributed by atoms with Crippen LogP contribution in [0.15, 0.2) is 42.7 Å². The first-order chi connectivity index (χ1) is 16.1. The van der Waals surface area contributed by atoms with Gasteiger partial charge in [0.1, 0.15) is 5.75 Å². The number of amides is 2. The molecule has 2 amide bonds. The smallest absolute Gasteiger partial charge is 0.291 e. The zero-order chi connectivity index (χ0) is 23.1. The Kier molecular flexibility index (Phi) is 7.54. The highest BCUT2D eigenvalue weighted by Crippen LogP contribution is 2.38. The van der Waals surface area contributed by atoms with Crippen LogP contribution < -0.4 is 4.74 Å². The molecule has 8 nitrogen and oxygen atoms in total.